The Bertz CT molecular complexity index is 789. The van der Waals surface area contributed by atoms with Crippen LogP contribution in [0.1, 0.15) is 86.0 Å². The minimum absolute atomic E-state index is 0.0564. The molecular formula is C28H46O4S. The van der Waals surface area contributed by atoms with Gasteiger partial charge in [-0.25, -0.2) is 0 Å². The third-order valence-corrected chi connectivity index (χ3v) is 11.8. The van der Waals surface area contributed by atoms with Gasteiger partial charge >= 0.3 is 0 Å². The van der Waals surface area contributed by atoms with E-state index in [4.69, 9.17) is 0 Å². The third-order valence-electron chi connectivity index (χ3n) is 10.5. The van der Waals surface area contributed by atoms with Crippen LogP contribution >= 0.6 is 11.8 Å². The van der Waals surface area contributed by atoms with E-state index < -0.39 is 17.8 Å². The average Bonchev–Trinajstić information content (AvgIpc) is 3.04. The van der Waals surface area contributed by atoms with Crippen LogP contribution in [0.3, 0.4) is 0 Å². The number of thioether (sulfide) groups is 1. The Labute approximate surface area is 204 Å². The molecule has 0 saturated heterocycles. The summed E-state index contributed by atoms with van der Waals surface area (Å²) in [5, 5.41) is 43.6. The topological polar surface area (TPSA) is 80.9 Å². The van der Waals surface area contributed by atoms with Crippen molar-refractivity contribution in [2.75, 3.05) is 5.75 Å². The first-order valence-corrected chi connectivity index (χ1v) is 14.3. The highest BCUT2D eigenvalue weighted by molar-refractivity contribution is 7.99. The molecule has 188 valence electrons. The molecule has 4 aliphatic rings. The van der Waals surface area contributed by atoms with Gasteiger partial charge in [-0.3, -0.25) is 0 Å². The summed E-state index contributed by atoms with van der Waals surface area (Å²) in [5.74, 6) is 1.81. The molecule has 0 heterocycles. The molecule has 5 heteroatoms. The summed E-state index contributed by atoms with van der Waals surface area (Å²) in [6, 6.07) is 0. The maximum Gasteiger partial charge on any atom is 0.0661 e. The molecule has 0 amide bonds. The van der Waals surface area contributed by atoms with Crippen LogP contribution < -0.4 is 0 Å². The van der Waals surface area contributed by atoms with Crippen molar-refractivity contribution < 1.29 is 20.4 Å². The van der Waals surface area contributed by atoms with Crippen molar-refractivity contribution in [3.05, 3.63) is 23.3 Å². The lowest BCUT2D eigenvalue weighted by Gasteiger charge is -2.56. The second-order valence-electron chi connectivity index (χ2n) is 12.0. The smallest absolute Gasteiger partial charge is 0.0661 e. The van der Waals surface area contributed by atoms with E-state index in [9.17, 15) is 20.4 Å². The minimum Gasteiger partial charge on any atom is -0.393 e. The molecule has 4 rings (SSSR count). The first-order valence-electron chi connectivity index (χ1n) is 13.3. The standard InChI is InChI=1S/C28H46O4S/c1-6-28(32,7-2)12-13-33-17(3)25-23(30)16-22-20-9-8-18-14-19(29)15-24(31)27(18,5)21(20)10-11-26(22,25)4/h8-9,17,19,21-25,29-32H,6-7,10-16H2,1-5H3/t17?,19-,21+,22+,23+,24+,25+,26+,27+/m1/s1. The first-order chi connectivity index (χ1) is 15.5. The van der Waals surface area contributed by atoms with Gasteiger partial charge in [0.2, 0.25) is 0 Å². The van der Waals surface area contributed by atoms with Gasteiger partial charge in [-0.1, -0.05) is 57.9 Å². The van der Waals surface area contributed by atoms with E-state index in [1.54, 1.807) is 0 Å². The molecule has 3 fully saturated rings. The number of fused-ring (bicyclic) bond motifs is 5. The molecule has 4 nitrogen and oxygen atoms in total. The summed E-state index contributed by atoms with van der Waals surface area (Å²) in [7, 11) is 0. The summed E-state index contributed by atoms with van der Waals surface area (Å²) in [6.45, 7) is 11.0. The fourth-order valence-electron chi connectivity index (χ4n) is 8.10. The molecule has 4 aliphatic carbocycles. The number of allylic oxidation sites excluding steroid dienone is 3. The van der Waals surface area contributed by atoms with E-state index in [1.165, 1.54) is 11.1 Å². The van der Waals surface area contributed by atoms with Crippen LogP contribution in [0.2, 0.25) is 0 Å². The highest BCUT2D eigenvalue weighted by Gasteiger charge is 2.61. The van der Waals surface area contributed by atoms with Crippen LogP contribution in [-0.4, -0.2) is 55.3 Å². The molecule has 0 aromatic heterocycles. The van der Waals surface area contributed by atoms with Crippen molar-refractivity contribution in [1.82, 2.24) is 0 Å². The van der Waals surface area contributed by atoms with Gasteiger partial charge in [-0.15, -0.1) is 0 Å². The number of hydrogen-bond acceptors (Lipinski definition) is 5. The van der Waals surface area contributed by atoms with E-state index in [2.05, 4.69) is 46.8 Å². The van der Waals surface area contributed by atoms with Crippen LogP contribution in [0.15, 0.2) is 23.3 Å². The number of aliphatic hydroxyl groups is 4. The van der Waals surface area contributed by atoms with Crippen molar-refractivity contribution in [3.63, 3.8) is 0 Å². The maximum atomic E-state index is 11.3. The first kappa shape index (κ1) is 25.8. The van der Waals surface area contributed by atoms with Gasteiger partial charge in [-0.05, 0) is 67.9 Å². The van der Waals surface area contributed by atoms with Crippen LogP contribution in [0, 0.1) is 28.6 Å². The summed E-state index contributed by atoms with van der Waals surface area (Å²) < 4.78 is 0. The maximum absolute atomic E-state index is 11.3. The van der Waals surface area contributed by atoms with Gasteiger partial charge in [0, 0.05) is 23.0 Å². The summed E-state index contributed by atoms with van der Waals surface area (Å²) in [4.78, 5) is 0. The number of aliphatic hydroxyl groups excluding tert-OH is 3. The van der Waals surface area contributed by atoms with Crippen LogP contribution in [-0.2, 0) is 0 Å². The largest absolute Gasteiger partial charge is 0.393 e. The number of rotatable bonds is 7. The van der Waals surface area contributed by atoms with E-state index in [1.807, 2.05) is 11.8 Å². The quantitative estimate of drug-likeness (QED) is 0.421. The average molecular weight is 479 g/mol. The Kier molecular flexibility index (Phi) is 7.24. The fraction of sp³-hybridized carbons (Fsp3) is 0.857. The zero-order valence-electron chi connectivity index (χ0n) is 21.3. The second-order valence-corrected chi connectivity index (χ2v) is 13.5. The fourth-order valence-corrected chi connectivity index (χ4v) is 9.66. The van der Waals surface area contributed by atoms with Crippen LogP contribution in [0.5, 0.6) is 0 Å². The Hall–Kier alpha value is -0.330. The van der Waals surface area contributed by atoms with Crippen molar-refractivity contribution in [2.24, 2.45) is 28.6 Å². The summed E-state index contributed by atoms with van der Waals surface area (Å²) >= 11 is 1.92. The van der Waals surface area contributed by atoms with E-state index >= 15 is 0 Å². The number of hydrogen-bond donors (Lipinski definition) is 4. The molecule has 0 aliphatic heterocycles. The SMILES string of the molecule is CCC(O)(CC)CCSC(C)[C@H]1[C@@H](O)C[C@H]2C3=CC=C4C[C@@H](O)C[C@H](O)[C@]4(C)[C@H]3CC[C@@]21C. The lowest BCUT2D eigenvalue weighted by molar-refractivity contribution is -0.0534. The Morgan fingerprint density at radius 2 is 1.79 bits per heavy atom. The molecule has 9 atom stereocenters. The normalized spacial score (nSPS) is 43.8. The molecule has 0 aromatic rings. The zero-order valence-corrected chi connectivity index (χ0v) is 22.1. The van der Waals surface area contributed by atoms with E-state index in [0.717, 1.165) is 44.3 Å². The van der Waals surface area contributed by atoms with E-state index in [-0.39, 0.29) is 22.9 Å². The van der Waals surface area contributed by atoms with Gasteiger partial charge in [0.15, 0.2) is 0 Å². The third kappa shape index (κ3) is 4.18. The summed E-state index contributed by atoms with van der Waals surface area (Å²) in [5.41, 5.74) is 1.83. The molecule has 3 saturated carbocycles. The molecule has 0 aromatic carbocycles. The highest BCUT2D eigenvalue weighted by Crippen LogP contribution is 2.66. The molecule has 0 radical (unpaired) electrons. The van der Waals surface area contributed by atoms with Crippen molar-refractivity contribution in [3.8, 4) is 0 Å². The van der Waals surface area contributed by atoms with Crippen LogP contribution in [0.4, 0.5) is 0 Å². The van der Waals surface area contributed by atoms with Gasteiger partial charge in [-0.2, -0.15) is 11.8 Å². The zero-order chi connectivity index (χ0) is 24.2. The van der Waals surface area contributed by atoms with Crippen molar-refractivity contribution >= 4 is 11.8 Å². The molecule has 1 unspecified atom stereocenters. The highest BCUT2D eigenvalue weighted by atomic mass is 32.2. The second kappa shape index (κ2) is 9.28. The van der Waals surface area contributed by atoms with Gasteiger partial charge < -0.3 is 20.4 Å². The Morgan fingerprint density at radius 1 is 1.09 bits per heavy atom. The Morgan fingerprint density at radius 3 is 2.45 bits per heavy atom. The molecule has 4 N–H and O–H groups in total. The van der Waals surface area contributed by atoms with Gasteiger partial charge in [0.05, 0.1) is 23.9 Å². The predicted molar refractivity (Wildman–Crippen MR) is 136 cm³/mol. The van der Waals surface area contributed by atoms with Crippen LogP contribution in [0.25, 0.3) is 0 Å². The lowest BCUT2D eigenvalue weighted by Crippen LogP contribution is -2.52. The predicted octanol–water partition coefficient (Wildman–Crippen LogP) is 4.85. The van der Waals surface area contributed by atoms with Crippen molar-refractivity contribution in [1.29, 1.82) is 0 Å². The minimum atomic E-state index is -0.563. The van der Waals surface area contributed by atoms with Gasteiger partial charge in [0.1, 0.15) is 0 Å². The molecule has 0 spiro atoms. The van der Waals surface area contributed by atoms with Crippen molar-refractivity contribution in [2.45, 2.75) is 115 Å². The molecule has 0 bridgehead atoms. The molecular weight excluding hydrogens is 432 g/mol. The molecule has 33 heavy (non-hydrogen) atoms. The summed E-state index contributed by atoms with van der Waals surface area (Å²) in [6.07, 6.45) is 9.60. The monoisotopic (exact) mass is 478 g/mol. The Balaban J connectivity index is 1.53. The van der Waals surface area contributed by atoms with Gasteiger partial charge in [0.25, 0.3) is 0 Å². The van der Waals surface area contributed by atoms with E-state index in [0.29, 0.717) is 29.9 Å². The lowest BCUT2D eigenvalue weighted by atomic mass is 9.49.